The van der Waals surface area contributed by atoms with Gasteiger partial charge in [0.05, 0.1) is 32.9 Å². The SMILES string of the molecule is COc1ccc(OC)c(S(=O)(=O)N2CCC[C@H](C(=O)N3CCN(c4ccccc4OC)CC3)C2)c1. The van der Waals surface area contributed by atoms with Gasteiger partial charge in [0.2, 0.25) is 15.9 Å². The smallest absolute Gasteiger partial charge is 0.246 e. The zero-order chi connectivity index (χ0) is 25.0. The van der Waals surface area contributed by atoms with E-state index in [1.807, 2.05) is 29.2 Å². The van der Waals surface area contributed by atoms with Crippen molar-refractivity contribution < 1.29 is 27.4 Å². The lowest BCUT2D eigenvalue weighted by Crippen LogP contribution is -2.53. The second-order valence-corrected chi connectivity index (χ2v) is 10.6. The maximum absolute atomic E-state index is 13.5. The highest BCUT2D eigenvalue weighted by Crippen LogP contribution is 2.33. The minimum atomic E-state index is -3.85. The van der Waals surface area contributed by atoms with Crippen LogP contribution in [0.3, 0.4) is 0 Å². The van der Waals surface area contributed by atoms with Crippen molar-refractivity contribution in [2.45, 2.75) is 17.7 Å². The molecule has 2 fully saturated rings. The molecule has 4 rings (SSSR count). The second-order valence-electron chi connectivity index (χ2n) is 8.70. The summed E-state index contributed by atoms with van der Waals surface area (Å²) in [6.45, 7) is 3.10. The number of rotatable bonds is 7. The number of hydrogen-bond acceptors (Lipinski definition) is 7. The maximum Gasteiger partial charge on any atom is 0.246 e. The summed E-state index contributed by atoms with van der Waals surface area (Å²) in [5.41, 5.74) is 1.02. The minimum Gasteiger partial charge on any atom is -0.497 e. The van der Waals surface area contributed by atoms with E-state index in [1.54, 1.807) is 19.2 Å². The van der Waals surface area contributed by atoms with E-state index in [1.165, 1.54) is 24.6 Å². The highest BCUT2D eigenvalue weighted by molar-refractivity contribution is 7.89. The van der Waals surface area contributed by atoms with Gasteiger partial charge in [-0.1, -0.05) is 12.1 Å². The quantitative estimate of drug-likeness (QED) is 0.574. The Balaban J connectivity index is 1.44. The standard InChI is InChI=1S/C25H33N3O6S/c1-32-20-10-11-23(34-3)24(17-20)35(30,31)28-12-6-7-19(18-28)25(29)27-15-13-26(14-16-27)21-8-4-5-9-22(21)33-2/h4-5,8-11,17,19H,6-7,12-16,18H2,1-3H3/t19-/m0/s1. The maximum atomic E-state index is 13.5. The number of piperazine rings is 1. The Hall–Kier alpha value is -2.98. The van der Waals surface area contributed by atoms with Crippen LogP contribution < -0.4 is 19.1 Å². The van der Waals surface area contributed by atoms with Gasteiger partial charge in [-0.15, -0.1) is 0 Å². The molecule has 0 unspecified atom stereocenters. The van der Waals surface area contributed by atoms with Gasteiger partial charge in [-0.3, -0.25) is 4.79 Å². The third-order valence-electron chi connectivity index (χ3n) is 6.74. The normalized spacial score (nSPS) is 19.3. The van der Waals surface area contributed by atoms with Crippen LogP contribution in [0.2, 0.25) is 0 Å². The average Bonchev–Trinajstić information content (AvgIpc) is 2.92. The van der Waals surface area contributed by atoms with Crippen molar-refractivity contribution in [3.63, 3.8) is 0 Å². The monoisotopic (exact) mass is 503 g/mol. The molecule has 35 heavy (non-hydrogen) atoms. The first-order chi connectivity index (χ1) is 16.9. The second kappa shape index (κ2) is 10.7. The third kappa shape index (κ3) is 5.18. The van der Waals surface area contributed by atoms with E-state index < -0.39 is 10.0 Å². The molecule has 2 aromatic rings. The number of anilines is 1. The van der Waals surface area contributed by atoms with Crippen molar-refractivity contribution >= 4 is 21.6 Å². The highest BCUT2D eigenvalue weighted by atomic mass is 32.2. The first-order valence-electron chi connectivity index (χ1n) is 11.8. The Morgan fingerprint density at radius 3 is 2.29 bits per heavy atom. The Morgan fingerprint density at radius 1 is 0.886 bits per heavy atom. The van der Waals surface area contributed by atoms with Gasteiger partial charge >= 0.3 is 0 Å². The summed E-state index contributed by atoms with van der Waals surface area (Å²) in [5, 5.41) is 0. The van der Waals surface area contributed by atoms with Gasteiger partial charge in [0, 0.05) is 45.3 Å². The average molecular weight is 504 g/mol. The molecule has 2 saturated heterocycles. The summed E-state index contributed by atoms with van der Waals surface area (Å²) in [5.74, 6) is 1.15. The molecule has 2 aliphatic heterocycles. The van der Waals surface area contributed by atoms with Crippen molar-refractivity contribution in [3.05, 3.63) is 42.5 Å². The fourth-order valence-electron chi connectivity index (χ4n) is 4.80. The summed E-state index contributed by atoms with van der Waals surface area (Å²) in [6.07, 6.45) is 1.30. The summed E-state index contributed by atoms with van der Waals surface area (Å²) in [6, 6.07) is 12.6. The fraction of sp³-hybridized carbons (Fsp3) is 0.480. The van der Waals surface area contributed by atoms with Gasteiger partial charge in [-0.05, 0) is 37.1 Å². The van der Waals surface area contributed by atoms with Gasteiger partial charge in [-0.25, -0.2) is 8.42 Å². The number of nitrogens with zero attached hydrogens (tertiary/aromatic N) is 3. The topological polar surface area (TPSA) is 88.6 Å². The molecule has 0 aromatic heterocycles. The van der Waals surface area contributed by atoms with Crippen LogP contribution in [0, 0.1) is 5.92 Å². The van der Waals surface area contributed by atoms with Crippen LogP contribution in [0.1, 0.15) is 12.8 Å². The molecule has 1 amide bonds. The molecule has 10 heteroatoms. The van der Waals surface area contributed by atoms with Gasteiger partial charge in [0.15, 0.2) is 0 Å². The number of hydrogen-bond donors (Lipinski definition) is 0. The summed E-state index contributed by atoms with van der Waals surface area (Å²) in [4.78, 5) is 17.5. The Morgan fingerprint density at radius 2 is 1.60 bits per heavy atom. The predicted molar refractivity (Wildman–Crippen MR) is 133 cm³/mol. The zero-order valence-electron chi connectivity index (χ0n) is 20.5. The van der Waals surface area contributed by atoms with Crippen LogP contribution >= 0.6 is 0 Å². The number of sulfonamides is 1. The number of para-hydroxylation sites is 2. The molecular weight excluding hydrogens is 470 g/mol. The highest BCUT2D eigenvalue weighted by Gasteiger charge is 2.37. The van der Waals surface area contributed by atoms with Crippen molar-refractivity contribution in [1.82, 2.24) is 9.21 Å². The molecule has 2 aromatic carbocycles. The Labute approximate surface area is 207 Å². The van der Waals surface area contributed by atoms with E-state index in [0.29, 0.717) is 51.3 Å². The first kappa shape index (κ1) is 25.1. The van der Waals surface area contributed by atoms with Crippen molar-refractivity contribution in [2.75, 3.05) is 65.5 Å². The molecule has 0 radical (unpaired) electrons. The van der Waals surface area contributed by atoms with Crippen molar-refractivity contribution in [1.29, 1.82) is 0 Å². The molecule has 0 N–H and O–H groups in total. The number of carbonyl (C=O) groups is 1. The molecule has 1 atom stereocenters. The summed E-state index contributed by atoms with van der Waals surface area (Å²) < 4.78 is 44.4. The summed E-state index contributed by atoms with van der Waals surface area (Å²) in [7, 11) is 0.730. The number of piperidine rings is 1. The van der Waals surface area contributed by atoms with E-state index in [2.05, 4.69) is 4.90 Å². The zero-order valence-corrected chi connectivity index (χ0v) is 21.3. The molecule has 9 nitrogen and oxygen atoms in total. The number of carbonyl (C=O) groups excluding carboxylic acids is 1. The molecule has 2 aliphatic rings. The van der Waals surface area contributed by atoms with E-state index in [0.717, 1.165) is 11.4 Å². The number of methoxy groups -OCH3 is 3. The number of amides is 1. The predicted octanol–water partition coefficient (Wildman–Crippen LogP) is 2.46. The van der Waals surface area contributed by atoms with Crippen LogP contribution in [-0.4, -0.2) is 84.1 Å². The molecule has 2 heterocycles. The molecule has 0 aliphatic carbocycles. The molecule has 0 spiro atoms. The Kier molecular flexibility index (Phi) is 7.71. The van der Waals surface area contributed by atoms with Gasteiger partial charge in [0.25, 0.3) is 0 Å². The van der Waals surface area contributed by atoms with Gasteiger partial charge in [0.1, 0.15) is 22.1 Å². The van der Waals surface area contributed by atoms with E-state index in [-0.39, 0.29) is 29.0 Å². The molecule has 190 valence electrons. The molecule has 0 saturated carbocycles. The number of benzene rings is 2. The minimum absolute atomic E-state index is 0.0159. The lowest BCUT2D eigenvalue weighted by Gasteiger charge is -2.39. The lowest BCUT2D eigenvalue weighted by molar-refractivity contribution is -0.137. The first-order valence-corrected chi connectivity index (χ1v) is 13.2. The van der Waals surface area contributed by atoms with Crippen molar-refractivity contribution in [2.24, 2.45) is 5.92 Å². The fourth-order valence-corrected chi connectivity index (χ4v) is 6.50. The Bertz CT molecular complexity index is 1150. The molecule has 0 bridgehead atoms. The van der Waals surface area contributed by atoms with Gasteiger partial charge < -0.3 is 24.0 Å². The van der Waals surface area contributed by atoms with E-state index in [9.17, 15) is 13.2 Å². The molecular formula is C25H33N3O6S. The van der Waals surface area contributed by atoms with Crippen LogP contribution in [0.15, 0.2) is 47.4 Å². The lowest BCUT2D eigenvalue weighted by atomic mass is 9.97. The van der Waals surface area contributed by atoms with Crippen LogP contribution in [0.4, 0.5) is 5.69 Å². The van der Waals surface area contributed by atoms with Crippen LogP contribution in [0.25, 0.3) is 0 Å². The van der Waals surface area contributed by atoms with Gasteiger partial charge in [-0.2, -0.15) is 4.31 Å². The largest absolute Gasteiger partial charge is 0.497 e. The van der Waals surface area contributed by atoms with E-state index >= 15 is 0 Å². The van der Waals surface area contributed by atoms with Crippen LogP contribution in [0.5, 0.6) is 17.2 Å². The van der Waals surface area contributed by atoms with Crippen molar-refractivity contribution in [3.8, 4) is 17.2 Å². The number of ether oxygens (including phenoxy) is 3. The summed E-state index contributed by atoms with van der Waals surface area (Å²) >= 11 is 0. The van der Waals surface area contributed by atoms with Crippen LogP contribution in [-0.2, 0) is 14.8 Å². The third-order valence-corrected chi connectivity index (χ3v) is 8.63. The van der Waals surface area contributed by atoms with E-state index in [4.69, 9.17) is 14.2 Å².